The minimum atomic E-state index is -1.16. The van der Waals surface area contributed by atoms with Gasteiger partial charge in [-0.2, -0.15) is 0 Å². The molecule has 0 aromatic heterocycles. The Morgan fingerprint density at radius 2 is 2.00 bits per heavy atom. The van der Waals surface area contributed by atoms with Gasteiger partial charge in [-0.1, -0.05) is 48.0 Å². The summed E-state index contributed by atoms with van der Waals surface area (Å²) in [6.45, 7) is 5.43. The molecular formula is C14H15ClO3. The van der Waals surface area contributed by atoms with Gasteiger partial charge in [0.15, 0.2) is 0 Å². The van der Waals surface area contributed by atoms with Crippen LogP contribution in [0.5, 0.6) is 0 Å². The monoisotopic (exact) mass is 266 g/mol. The van der Waals surface area contributed by atoms with Gasteiger partial charge in [-0.25, -0.2) is 4.79 Å². The Hall–Kier alpha value is -1.58. The number of ether oxygens (including phenoxy) is 1. The number of esters is 1. The van der Waals surface area contributed by atoms with E-state index in [1.165, 1.54) is 13.2 Å². The standard InChI is InChI=1S/C14H15ClO3/c1-9-4-6-11(7-5-9)12(15)8-13(16)10(2)14(17)18-3/h4-8,13,16H,2H2,1,3H3/b12-8-. The van der Waals surface area contributed by atoms with Crippen LogP contribution in [0.3, 0.4) is 0 Å². The first kappa shape index (κ1) is 14.5. The largest absolute Gasteiger partial charge is 0.466 e. The number of hydrogen-bond donors (Lipinski definition) is 1. The summed E-state index contributed by atoms with van der Waals surface area (Å²) in [7, 11) is 1.23. The van der Waals surface area contributed by atoms with Crippen LogP contribution in [0.15, 0.2) is 42.5 Å². The SMILES string of the molecule is C=C(C(=O)OC)C(O)/C=C(\Cl)c1ccc(C)cc1. The fraction of sp³-hybridized carbons (Fsp3) is 0.214. The van der Waals surface area contributed by atoms with E-state index >= 15 is 0 Å². The van der Waals surface area contributed by atoms with Crippen LogP contribution < -0.4 is 0 Å². The summed E-state index contributed by atoms with van der Waals surface area (Å²) in [5.41, 5.74) is 1.82. The minimum Gasteiger partial charge on any atom is -0.466 e. The molecule has 0 amide bonds. The first-order chi connectivity index (χ1) is 8.45. The van der Waals surface area contributed by atoms with E-state index in [0.717, 1.165) is 11.1 Å². The number of methoxy groups -OCH3 is 1. The molecule has 1 N–H and O–H groups in total. The van der Waals surface area contributed by atoms with Gasteiger partial charge in [-0.3, -0.25) is 0 Å². The van der Waals surface area contributed by atoms with Crippen LogP contribution in [0.1, 0.15) is 11.1 Å². The molecule has 18 heavy (non-hydrogen) atoms. The number of rotatable bonds is 4. The highest BCUT2D eigenvalue weighted by molar-refractivity contribution is 6.48. The second kappa shape index (κ2) is 6.38. The van der Waals surface area contributed by atoms with Crippen molar-refractivity contribution in [1.82, 2.24) is 0 Å². The maximum Gasteiger partial charge on any atom is 0.336 e. The molecule has 0 aliphatic carbocycles. The second-order valence-electron chi connectivity index (χ2n) is 3.84. The van der Waals surface area contributed by atoms with Gasteiger partial charge in [0, 0.05) is 5.03 Å². The van der Waals surface area contributed by atoms with Crippen LogP contribution in [0.25, 0.3) is 5.03 Å². The third-order valence-corrected chi connectivity index (χ3v) is 2.78. The summed E-state index contributed by atoms with van der Waals surface area (Å²) < 4.78 is 4.47. The van der Waals surface area contributed by atoms with E-state index in [2.05, 4.69) is 11.3 Å². The van der Waals surface area contributed by atoms with Crippen molar-refractivity contribution < 1.29 is 14.6 Å². The topological polar surface area (TPSA) is 46.5 Å². The number of halogens is 1. The summed E-state index contributed by atoms with van der Waals surface area (Å²) in [6.07, 6.45) is 0.192. The van der Waals surface area contributed by atoms with E-state index in [9.17, 15) is 9.90 Å². The number of aliphatic hydroxyl groups is 1. The Kier molecular flexibility index (Phi) is 5.13. The lowest BCUT2D eigenvalue weighted by molar-refractivity contribution is -0.136. The molecule has 1 aromatic rings. The van der Waals surface area contributed by atoms with Gasteiger partial charge >= 0.3 is 5.97 Å². The molecule has 0 heterocycles. The predicted molar refractivity (Wildman–Crippen MR) is 72.2 cm³/mol. The van der Waals surface area contributed by atoms with Gasteiger partial charge in [-0.15, -0.1) is 0 Å². The van der Waals surface area contributed by atoms with Crippen molar-refractivity contribution in [3.05, 3.63) is 53.6 Å². The molecule has 0 radical (unpaired) electrons. The van der Waals surface area contributed by atoms with Crippen molar-refractivity contribution in [3.8, 4) is 0 Å². The average Bonchev–Trinajstić information content (AvgIpc) is 2.37. The molecule has 0 aliphatic heterocycles. The van der Waals surface area contributed by atoms with E-state index in [-0.39, 0.29) is 5.57 Å². The molecule has 0 spiro atoms. The molecule has 0 aliphatic rings. The van der Waals surface area contributed by atoms with Gasteiger partial charge in [-0.05, 0) is 18.6 Å². The number of aliphatic hydroxyl groups excluding tert-OH is 1. The van der Waals surface area contributed by atoms with Crippen LogP contribution in [-0.2, 0) is 9.53 Å². The summed E-state index contributed by atoms with van der Waals surface area (Å²) in [6, 6.07) is 7.49. The van der Waals surface area contributed by atoms with Crippen LogP contribution >= 0.6 is 11.6 Å². The molecule has 1 aromatic carbocycles. The quantitative estimate of drug-likeness (QED) is 0.673. The van der Waals surface area contributed by atoms with E-state index in [1.54, 1.807) is 0 Å². The van der Waals surface area contributed by atoms with E-state index in [0.29, 0.717) is 5.03 Å². The molecule has 96 valence electrons. The van der Waals surface area contributed by atoms with Crippen molar-refractivity contribution in [3.63, 3.8) is 0 Å². The Morgan fingerprint density at radius 3 is 2.50 bits per heavy atom. The molecule has 1 rings (SSSR count). The first-order valence-electron chi connectivity index (χ1n) is 5.35. The van der Waals surface area contributed by atoms with Gasteiger partial charge in [0.05, 0.1) is 12.7 Å². The average molecular weight is 267 g/mol. The lowest BCUT2D eigenvalue weighted by Gasteiger charge is -2.08. The number of hydrogen-bond acceptors (Lipinski definition) is 3. The van der Waals surface area contributed by atoms with Crippen molar-refractivity contribution >= 4 is 22.6 Å². The van der Waals surface area contributed by atoms with Crippen molar-refractivity contribution in [1.29, 1.82) is 0 Å². The van der Waals surface area contributed by atoms with Crippen molar-refractivity contribution in [2.75, 3.05) is 7.11 Å². The summed E-state index contributed by atoms with van der Waals surface area (Å²) in [5.74, 6) is -0.660. The first-order valence-corrected chi connectivity index (χ1v) is 5.73. The maximum absolute atomic E-state index is 11.2. The van der Waals surface area contributed by atoms with Crippen LogP contribution in [0.4, 0.5) is 0 Å². The van der Waals surface area contributed by atoms with E-state index in [4.69, 9.17) is 11.6 Å². The van der Waals surface area contributed by atoms with Crippen molar-refractivity contribution in [2.45, 2.75) is 13.0 Å². The molecule has 0 saturated heterocycles. The van der Waals surface area contributed by atoms with Gasteiger partial charge in [0.1, 0.15) is 6.10 Å². The Morgan fingerprint density at radius 1 is 1.44 bits per heavy atom. The Bertz CT molecular complexity index is 474. The zero-order valence-corrected chi connectivity index (χ0v) is 11.1. The number of carbonyl (C=O) groups is 1. The fourth-order valence-corrected chi connectivity index (χ4v) is 1.55. The van der Waals surface area contributed by atoms with Crippen LogP contribution in [0, 0.1) is 6.92 Å². The zero-order valence-electron chi connectivity index (χ0n) is 10.3. The number of aryl methyl sites for hydroxylation is 1. The summed E-state index contributed by atoms with van der Waals surface area (Å²) in [4.78, 5) is 11.2. The summed E-state index contributed by atoms with van der Waals surface area (Å²) >= 11 is 6.05. The van der Waals surface area contributed by atoms with Crippen LogP contribution in [0.2, 0.25) is 0 Å². The lowest BCUT2D eigenvalue weighted by atomic mass is 10.1. The van der Waals surface area contributed by atoms with Gasteiger partial charge in [0.25, 0.3) is 0 Å². The van der Waals surface area contributed by atoms with Gasteiger partial charge < -0.3 is 9.84 Å². The van der Waals surface area contributed by atoms with Crippen molar-refractivity contribution in [2.24, 2.45) is 0 Å². The number of benzene rings is 1. The third-order valence-electron chi connectivity index (χ3n) is 2.44. The van der Waals surface area contributed by atoms with E-state index in [1.807, 2.05) is 31.2 Å². The molecule has 0 bridgehead atoms. The highest BCUT2D eigenvalue weighted by atomic mass is 35.5. The second-order valence-corrected chi connectivity index (χ2v) is 4.25. The number of carbonyl (C=O) groups excluding carboxylic acids is 1. The highest BCUT2D eigenvalue weighted by Crippen LogP contribution is 2.21. The molecular weight excluding hydrogens is 252 g/mol. The lowest BCUT2D eigenvalue weighted by Crippen LogP contribution is -2.16. The Labute approximate surface area is 111 Å². The summed E-state index contributed by atoms with van der Waals surface area (Å²) in [5, 5.41) is 10.1. The zero-order chi connectivity index (χ0) is 13.7. The predicted octanol–water partition coefficient (Wildman–Crippen LogP) is 2.66. The molecule has 0 fully saturated rings. The fourth-order valence-electron chi connectivity index (χ4n) is 1.30. The van der Waals surface area contributed by atoms with E-state index < -0.39 is 12.1 Å². The normalized spacial score (nSPS) is 13.0. The molecule has 0 saturated carbocycles. The minimum absolute atomic E-state index is 0.0530. The molecule has 4 heteroatoms. The van der Waals surface area contributed by atoms with Gasteiger partial charge in [0.2, 0.25) is 0 Å². The smallest absolute Gasteiger partial charge is 0.336 e. The Balaban J connectivity index is 2.86. The van der Waals surface area contributed by atoms with Crippen LogP contribution in [-0.4, -0.2) is 24.3 Å². The highest BCUT2D eigenvalue weighted by Gasteiger charge is 2.15. The third kappa shape index (κ3) is 3.72. The molecule has 1 atom stereocenters. The maximum atomic E-state index is 11.2. The molecule has 1 unspecified atom stereocenters. The molecule has 3 nitrogen and oxygen atoms in total.